The topological polar surface area (TPSA) is 38.8 Å². The highest BCUT2D eigenvalue weighted by Crippen LogP contribution is 2.41. The number of carbonyl (C=O) groups is 1. The molecule has 1 saturated heterocycles. The van der Waals surface area contributed by atoms with Crippen LogP contribution in [0.1, 0.15) is 30.4 Å². The van der Waals surface area contributed by atoms with E-state index in [1.807, 2.05) is 35.2 Å². The van der Waals surface area contributed by atoms with Crippen LogP contribution >= 0.6 is 0 Å². The highest BCUT2D eigenvalue weighted by molar-refractivity contribution is 5.77. The second kappa shape index (κ2) is 7.43. The van der Waals surface area contributed by atoms with Gasteiger partial charge in [0, 0.05) is 17.7 Å². The molecule has 27 heavy (non-hydrogen) atoms. The van der Waals surface area contributed by atoms with Crippen LogP contribution in [-0.4, -0.2) is 30.2 Å². The van der Waals surface area contributed by atoms with Crippen molar-refractivity contribution in [2.75, 3.05) is 7.11 Å². The van der Waals surface area contributed by atoms with Gasteiger partial charge in [-0.3, -0.25) is 4.90 Å². The van der Waals surface area contributed by atoms with Crippen molar-refractivity contribution in [1.82, 2.24) is 4.90 Å². The molecule has 0 radical (unpaired) electrons. The van der Waals surface area contributed by atoms with Crippen LogP contribution in [0.25, 0.3) is 5.57 Å². The molecule has 140 valence electrons. The summed E-state index contributed by atoms with van der Waals surface area (Å²) in [7, 11) is 1.55. The van der Waals surface area contributed by atoms with E-state index in [1.165, 1.54) is 12.1 Å². The van der Waals surface area contributed by atoms with E-state index in [0.29, 0.717) is 5.75 Å². The summed E-state index contributed by atoms with van der Waals surface area (Å²) < 4.78 is 24.4. The third-order valence-corrected chi connectivity index (χ3v) is 5.32. The molecule has 2 heterocycles. The van der Waals surface area contributed by atoms with Crippen molar-refractivity contribution >= 4 is 11.7 Å². The van der Waals surface area contributed by atoms with Crippen molar-refractivity contribution in [2.45, 2.75) is 38.0 Å². The van der Waals surface area contributed by atoms with Gasteiger partial charge >= 0.3 is 6.09 Å². The Balaban J connectivity index is 1.50. The van der Waals surface area contributed by atoms with Crippen LogP contribution in [-0.2, 0) is 11.3 Å². The molecule has 2 aliphatic heterocycles. The molecular formula is C22H22FNO3. The quantitative estimate of drug-likeness (QED) is 0.780. The predicted molar refractivity (Wildman–Crippen MR) is 101 cm³/mol. The van der Waals surface area contributed by atoms with Gasteiger partial charge in [-0.1, -0.05) is 36.4 Å². The van der Waals surface area contributed by atoms with Gasteiger partial charge in [0.25, 0.3) is 0 Å². The molecule has 0 N–H and O–H groups in total. The lowest BCUT2D eigenvalue weighted by molar-refractivity contribution is 0.0832. The van der Waals surface area contributed by atoms with Crippen LogP contribution in [0.2, 0.25) is 0 Å². The van der Waals surface area contributed by atoms with Gasteiger partial charge in [-0.05, 0) is 42.5 Å². The maximum atomic E-state index is 13.5. The molecule has 2 aliphatic rings. The van der Waals surface area contributed by atoms with Crippen LogP contribution in [0.4, 0.5) is 9.18 Å². The zero-order valence-corrected chi connectivity index (χ0v) is 15.2. The van der Waals surface area contributed by atoms with Crippen molar-refractivity contribution in [1.29, 1.82) is 0 Å². The molecule has 2 bridgehead atoms. The molecule has 2 aromatic rings. The summed E-state index contributed by atoms with van der Waals surface area (Å²) in [5.41, 5.74) is 2.97. The fraction of sp³-hybridized carbons (Fsp3) is 0.318. The van der Waals surface area contributed by atoms with E-state index < -0.39 is 0 Å². The monoisotopic (exact) mass is 367 g/mol. The summed E-state index contributed by atoms with van der Waals surface area (Å²) in [6, 6.07) is 14.4. The first-order valence-corrected chi connectivity index (χ1v) is 9.19. The van der Waals surface area contributed by atoms with Gasteiger partial charge in [0.05, 0.1) is 13.2 Å². The second-order valence-corrected chi connectivity index (χ2v) is 6.99. The average molecular weight is 367 g/mol. The molecule has 0 spiro atoms. The number of fused-ring (bicyclic) bond motifs is 2. The number of halogens is 1. The van der Waals surface area contributed by atoms with Gasteiger partial charge < -0.3 is 9.47 Å². The molecule has 1 amide bonds. The number of nitrogens with zero attached hydrogens (tertiary/aromatic N) is 1. The SMILES string of the molecule is COc1cc(F)ccc1C1=CC2CCC(C1)N2C(=O)OCc1ccccc1. The fourth-order valence-corrected chi connectivity index (χ4v) is 4.04. The van der Waals surface area contributed by atoms with E-state index in [2.05, 4.69) is 6.08 Å². The van der Waals surface area contributed by atoms with Crippen LogP contribution in [0, 0.1) is 5.82 Å². The maximum absolute atomic E-state index is 13.5. The zero-order chi connectivity index (χ0) is 18.8. The summed E-state index contributed by atoms with van der Waals surface area (Å²) >= 11 is 0. The van der Waals surface area contributed by atoms with Gasteiger partial charge in [0.1, 0.15) is 18.2 Å². The zero-order valence-electron chi connectivity index (χ0n) is 15.2. The number of benzene rings is 2. The van der Waals surface area contributed by atoms with Gasteiger partial charge in [0.15, 0.2) is 0 Å². The molecule has 2 atom stereocenters. The van der Waals surface area contributed by atoms with Crippen molar-refractivity contribution in [2.24, 2.45) is 0 Å². The minimum Gasteiger partial charge on any atom is -0.496 e. The minimum absolute atomic E-state index is 0.0109. The molecule has 1 fully saturated rings. The molecule has 0 saturated carbocycles. The number of ether oxygens (including phenoxy) is 2. The second-order valence-electron chi connectivity index (χ2n) is 6.99. The third-order valence-electron chi connectivity index (χ3n) is 5.32. The lowest BCUT2D eigenvalue weighted by Crippen LogP contribution is -2.43. The van der Waals surface area contributed by atoms with Crippen LogP contribution < -0.4 is 4.74 Å². The van der Waals surface area contributed by atoms with E-state index in [4.69, 9.17) is 9.47 Å². The fourth-order valence-electron chi connectivity index (χ4n) is 4.04. The molecule has 0 aromatic heterocycles. The number of amides is 1. The first-order chi connectivity index (χ1) is 13.2. The van der Waals surface area contributed by atoms with Crippen molar-refractivity contribution in [3.63, 3.8) is 0 Å². The van der Waals surface area contributed by atoms with E-state index in [1.54, 1.807) is 13.2 Å². The van der Waals surface area contributed by atoms with Gasteiger partial charge in [-0.2, -0.15) is 0 Å². The Morgan fingerprint density at radius 2 is 2.00 bits per heavy atom. The first-order valence-electron chi connectivity index (χ1n) is 9.19. The molecule has 5 heteroatoms. The van der Waals surface area contributed by atoms with Crippen LogP contribution in [0.15, 0.2) is 54.6 Å². The van der Waals surface area contributed by atoms with Crippen molar-refractivity contribution in [3.05, 3.63) is 71.6 Å². The van der Waals surface area contributed by atoms with Gasteiger partial charge in [-0.15, -0.1) is 0 Å². The normalized spacial score (nSPS) is 21.0. The summed E-state index contributed by atoms with van der Waals surface area (Å²) in [4.78, 5) is 14.5. The molecule has 2 unspecified atom stereocenters. The predicted octanol–water partition coefficient (Wildman–Crippen LogP) is 4.79. The highest BCUT2D eigenvalue weighted by atomic mass is 19.1. The summed E-state index contributed by atoms with van der Waals surface area (Å²) in [5, 5.41) is 0. The molecule has 2 aromatic carbocycles. The van der Waals surface area contributed by atoms with Crippen LogP contribution in [0.5, 0.6) is 5.75 Å². The van der Waals surface area contributed by atoms with Crippen molar-refractivity contribution in [3.8, 4) is 5.75 Å². The number of carbonyl (C=O) groups excluding carboxylic acids is 1. The van der Waals surface area contributed by atoms with E-state index in [9.17, 15) is 9.18 Å². The maximum Gasteiger partial charge on any atom is 0.410 e. The highest BCUT2D eigenvalue weighted by Gasteiger charge is 2.41. The Bertz CT molecular complexity index is 865. The summed E-state index contributed by atoms with van der Waals surface area (Å²) in [5.74, 6) is 0.210. The molecule has 4 nitrogen and oxygen atoms in total. The first kappa shape index (κ1) is 17.6. The van der Waals surface area contributed by atoms with Gasteiger partial charge in [0.2, 0.25) is 0 Å². The van der Waals surface area contributed by atoms with E-state index in [-0.39, 0.29) is 30.6 Å². The standard InChI is InChI=1S/C22H22FNO3/c1-26-21-13-17(23)7-10-20(21)16-11-18-8-9-19(12-16)24(18)22(25)27-14-15-5-3-2-4-6-15/h2-7,10-11,13,18-19H,8-9,12,14H2,1H3. The van der Waals surface area contributed by atoms with Gasteiger partial charge in [-0.25, -0.2) is 9.18 Å². The Morgan fingerprint density at radius 1 is 1.19 bits per heavy atom. The Morgan fingerprint density at radius 3 is 2.74 bits per heavy atom. The average Bonchev–Trinajstić information content (AvgIpc) is 2.96. The van der Waals surface area contributed by atoms with Crippen molar-refractivity contribution < 1.29 is 18.7 Å². The number of rotatable bonds is 4. The lowest BCUT2D eigenvalue weighted by atomic mass is 9.94. The Hall–Kier alpha value is -2.82. The van der Waals surface area contributed by atoms with E-state index >= 15 is 0 Å². The lowest BCUT2D eigenvalue weighted by Gasteiger charge is -2.33. The largest absolute Gasteiger partial charge is 0.496 e. The Labute approximate surface area is 158 Å². The summed E-state index contributed by atoms with van der Waals surface area (Å²) in [6.45, 7) is 0.276. The molecule has 0 aliphatic carbocycles. The number of methoxy groups -OCH3 is 1. The minimum atomic E-state index is -0.318. The number of hydrogen-bond acceptors (Lipinski definition) is 3. The summed E-state index contributed by atoms with van der Waals surface area (Å²) in [6.07, 6.45) is 4.40. The molecular weight excluding hydrogens is 345 g/mol. The third kappa shape index (κ3) is 3.54. The van der Waals surface area contributed by atoms with Crippen LogP contribution in [0.3, 0.4) is 0 Å². The smallest absolute Gasteiger partial charge is 0.410 e. The molecule has 4 rings (SSSR count). The van der Waals surface area contributed by atoms with E-state index in [0.717, 1.165) is 36.0 Å². The number of hydrogen-bond donors (Lipinski definition) is 0. The Kier molecular flexibility index (Phi) is 4.84.